The summed E-state index contributed by atoms with van der Waals surface area (Å²) in [4.78, 5) is 23.0. The zero-order chi connectivity index (χ0) is 20.5. The highest BCUT2D eigenvalue weighted by atomic mass is 16.5. The lowest BCUT2D eigenvalue weighted by atomic mass is 9.81. The second-order valence-electron chi connectivity index (χ2n) is 7.35. The van der Waals surface area contributed by atoms with Crippen LogP contribution in [0.4, 0.5) is 0 Å². The minimum Gasteiger partial charge on any atom is -0.480 e. The maximum absolute atomic E-state index is 12.4. The number of ether oxygens (including phenoxy) is 1. The Labute approximate surface area is 163 Å². The molecule has 0 rings (SSSR count). The van der Waals surface area contributed by atoms with E-state index in [2.05, 4.69) is 6.92 Å². The fourth-order valence-corrected chi connectivity index (χ4v) is 3.08. The quantitative estimate of drug-likeness (QED) is 0.197. The molecule has 7 nitrogen and oxygen atoms in total. The minimum atomic E-state index is -1.66. The molecule has 2 atom stereocenters. The van der Waals surface area contributed by atoms with Crippen molar-refractivity contribution in [1.82, 2.24) is 0 Å². The summed E-state index contributed by atoms with van der Waals surface area (Å²) in [6.07, 6.45) is 11.3. The number of carbonyl (C=O) groups excluding carboxylic acids is 1. The Kier molecular flexibility index (Phi) is 15.4. The van der Waals surface area contributed by atoms with Gasteiger partial charge in [0.1, 0.15) is 24.0 Å². The van der Waals surface area contributed by atoms with Gasteiger partial charge in [-0.2, -0.15) is 0 Å². The van der Waals surface area contributed by atoms with E-state index in [0.717, 1.165) is 19.3 Å². The predicted octanol–water partition coefficient (Wildman–Crippen LogP) is 2.61. The number of carbonyl (C=O) groups is 2. The van der Waals surface area contributed by atoms with Gasteiger partial charge in [0, 0.05) is 6.42 Å². The molecule has 0 aromatic rings. The maximum Gasteiger partial charge on any atom is 0.329 e. The molecule has 0 fully saturated rings. The van der Waals surface area contributed by atoms with Crippen molar-refractivity contribution in [2.75, 3.05) is 19.8 Å². The highest BCUT2D eigenvalue weighted by Crippen LogP contribution is 2.25. The summed E-state index contributed by atoms with van der Waals surface area (Å²) >= 11 is 0. The summed E-state index contributed by atoms with van der Waals surface area (Å²) in [5.41, 5.74) is 3.82. The first-order valence-corrected chi connectivity index (χ1v) is 10.3. The summed E-state index contributed by atoms with van der Waals surface area (Å²) in [7, 11) is 0. The van der Waals surface area contributed by atoms with E-state index in [0.29, 0.717) is 6.42 Å². The van der Waals surface area contributed by atoms with Gasteiger partial charge in [0.05, 0.1) is 13.2 Å². The Balaban J connectivity index is 4.01. The monoisotopic (exact) mass is 389 g/mol. The number of aliphatic hydroxyl groups excluding tert-OH is 2. The van der Waals surface area contributed by atoms with E-state index < -0.39 is 37.4 Å². The Morgan fingerprint density at radius 1 is 0.963 bits per heavy atom. The number of nitrogens with two attached hydrogens (primary N) is 1. The van der Waals surface area contributed by atoms with Crippen molar-refractivity contribution in [3.63, 3.8) is 0 Å². The minimum absolute atomic E-state index is 0.183. The van der Waals surface area contributed by atoms with Crippen molar-refractivity contribution < 1.29 is 29.6 Å². The average molecular weight is 390 g/mol. The molecule has 0 radical (unpaired) electrons. The third-order valence-corrected chi connectivity index (χ3v) is 5.00. The van der Waals surface area contributed by atoms with Crippen LogP contribution in [0.2, 0.25) is 0 Å². The molecule has 0 spiro atoms. The van der Waals surface area contributed by atoms with E-state index in [9.17, 15) is 19.8 Å². The first-order chi connectivity index (χ1) is 12.9. The SMILES string of the molecule is CCCCCCCCCCCCCC(=O)C(CO)(COCC(=O)O)C(N)O. The lowest BCUT2D eigenvalue weighted by Gasteiger charge is -2.32. The zero-order valence-corrected chi connectivity index (χ0v) is 16.8. The molecule has 160 valence electrons. The van der Waals surface area contributed by atoms with Crippen molar-refractivity contribution in [1.29, 1.82) is 0 Å². The van der Waals surface area contributed by atoms with E-state index in [1.54, 1.807) is 0 Å². The summed E-state index contributed by atoms with van der Waals surface area (Å²) in [6, 6.07) is 0. The van der Waals surface area contributed by atoms with Crippen LogP contribution in [-0.2, 0) is 14.3 Å². The van der Waals surface area contributed by atoms with Gasteiger partial charge in [-0.05, 0) is 6.42 Å². The lowest BCUT2D eigenvalue weighted by Crippen LogP contribution is -2.53. The van der Waals surface area contributed by atoms with Gasteiger partial charge in [0.25, 0.3) is 0 Å². The predicted molar refractivity (Wildman–Crippen MR) is 104 cm³/mol. The number of carboxylic acid groups (broad SMARTS) is 1. The Morgan fingerprint density at radius 3 is 1.85 bits per heavy atom. The number of Topliss-reactive ketones (excluding diaryl/α,β-unsaturated/α-hetero) is 1. The summed E-state index contributed by atoms with van der Waals surface area (Å²) in [5, 5.41) is 27.9. The summed E-state index contributed by atoms with van der Waals surface area (Å²) in [5.74, 6) is -1.58. The molecular weight excluding hydrogens is 350 g/mol. The largest absolute Gasteiger partial charge is 0.480 e. The zero-order valence-electron chi connectivity index (χ0n) is 16.8. The highest BCUT2D eigenvalue weighted by Gasteiger charge is 2.43. The van der Waals surface area contributed by atoms with Gasteiger partial charge in [-0.3, -0.25) is 4.79 Å². The topological polar surface area (TPSA) is 130 Å². The number of hydrogen-bond acceptors (Lipinski definition) is 6. The van der Waals surface area contributed by atoms with Crippen molar-refractivity contribution in [2.24, 2.45) is 11.1 Å². The first-order valence-electron chi connectivity index (χ1n) is 10.3. The van der Waals surface area contributed by atoms with E-state index in [4.69, 9.17) is 15.6 Å². The number of aliphatic hydroxyl groups is 2. The molecule has 5 N–H and O–H groups in total. The van der Waals surface area contributed by atoms with Gasteiger partial charge in [-0.25, -0.2) is 4.79 Å². The number of carboxylic acids is 1. The van der Waals surface area contributed by atoms with Crippen molar-refractivity contribution in [3.8, 4) is 0 Å². The van der Waals surface area contributed by atoms with Gasteiger partial charge in [0.2, 0.25) is 0 Å². The van der Waals surface area contributed by atoms with Crippen LogP contribution in [0.25, 0.3) is 0 Å². The van der Waals surface area contributed by atoms with E-state index >= 15 is 0 Å². The van der Waals surface area contributed by atoms with Crippen LogP contribution in [-0.4, -0.2) is 53.1 Å². The molecule has 0 aromatic carbocycles. The molecular formula is C20H39NO6. The molecule has 27 heavy (non-hydrogen) atoms. The molecule has 0 aliphatic rings. The van der Waals surface area contributed by atoms with Crippen LogP contribution in [0.5, 0.6) is 0 Å². The van der Waals surface area contributed by atoms with Crippen molar-refractivity contribution >= 4 is 11.8 Å². The molecule has 0 saturated carbocycles. The molecule has 0 saturated heterocycles. The van der Waals surface area contributed by atoms with Crippen LogP contribution < -0.4 is 5.73 Å². The van der Waals surface area contributed by atoms with Gasteiger partial charge >= 0.3 is 5.97 Å². The molecule has 7 heteroatoms. The number of aliphatic carboxylic acids is 1. The number of unbranched alkanes of at least 4 members (excludes halogenated alkanes) is 10. The van der Waals surface area contributed by atoms with E-state index in [-0.39, 0.29) is 12.2 Å². The standard InChI is InChI=1S/C20H39NO6/c1-2-3-4-5-6-7-8-9-10-11-12-13-17(23)20(15-22,19(21)26)16-27-14-18(24)25/h19,22,26H,2-16,21H2,1H3,(H,24,25). The van der Waals surface area contributed by atoms with Crippen LogP contribution >= 0.6 is 0 Å². The van der Waals surface area contributed by atoms with Gasteiger partial charge < -0.3 is 25.8 Å². The Morgan fingerprint density at radius 2 is 1.44 bits per heavy atom. The van der Waals surface area contributed by atoms with Crippen LogP contribution in [0, 0.1) is 5.41 Å². The van der Waals surface area contributed by atoms with Crippen LogP contribution in [0.1, 0.15) is 84.0 Å². The molecule has 0 aliphatic heterocycles. The highest BCUT2D eigenvalue weighted by molar-refractivity contribution is 5.85. The molecule has 0 heterocycles. The molecule has 0 bridgehead atoms. The summed E-state index contributed by atoms with van der Waals surface area (Å²) < 4.78 is 4.92. The lowest BCUT2D eigenvalue weighted by molar-refractivity contribution is -0.155. The number of hydrogen-bond donors (Lipinski definition) is 4. The van der Waals surface area contributed by atoms with Crippen molar-refractivity contribution in [3.05, 3.63) is 0 Å². The maximum atomic E-state index is 12.4. The first kappa shape index (κ1) is 26.0. The number of ketones is 1. The summed E-state index contributed by atoms with van der Waals surface area (Å²) in [6.45, 7) is 0.512. The van der Waals surface area contributed by atoms with Gasteiger partial charge in [-0.1, -0.05) is 71.1 Å². The third kappa shape index (κ3) is 11.4. The fourth-order valence-electron chi connectivity index (χ4n) is 3.08. The Hall–Kier alpha value is -1.02. The van der Waals surface area contributed by atoms with E-state index in [1.807, 2.05) is 0 Å². The smallest absolute Gasteiger partial charge is 0.329 e. The van der Waals surface area contributed by atoms with Gasteiger partial charge in [-0.15, -0.1) is 0 Å². The second-order valence-corrected chi connectivity index (χ2v) is 7.35. The molecule has 0 aromatic heterocycles. The molecule has 2 unspecified atom stereocenters. The van der Waals surface area contributed by atoms with Gasteiger partial charge in [0.15, 0.2) is 0 Å². The molecule has 0 amide bonds. The number of rotatable bonds is 19. The van der Waals surface area contributed by atoms with Crippen molar-refractivity contribution in [2.45, 2.75) is 90.2 Å². The van der Waals surface area contributed by atoms with Crippen LogP contribution in [0.3, 0.4) is 0 Å². The average Bonchev–Trinajstić information content (AvgIpc) is 2.62. The third-order valence-electron chi connectivity index (χ3n) is 5.00. The second kappa shape index (κ2) is 16.0. The fraction of sp³-hybridized carbons (Fsp3) is 0.900. The normalized spacial score (nSPS) is 14.7. The van der Waals surface area contributed by atoms with E-state index in [1.165, 1.54) is 44.9 Å². The van der Waals surface area contributed by atoms with Crippen LogP contribution in [0.15, 0.2) is 0 Å². The Bertz CT molecular complexity index is 402. The molecule has 0 aliphatic carbocycles.